The first-order valence-corrected chi connectivity index (χ1v) is 4.85. The van der Waals surface area contributed by atoms with Crippen LogP contribution in [0.5, 0.6) is 5.75 Å². The van der Waals surface area contributed by atoms with E-state index < -0.39 is 0 Å². The molecule has 2 aromatic heterocycles. The maximum absolute atomic E-state index is 11.8. The number of rotatable bonds is 1. The number of pyridine rings is 1. The Kier molecular flexibility index (Phi) is 1.91. The van der Waals surface area contributed by atoms with Crippen molar-refractivity contribution < 1.29 is 5.11 Å². The van der Waals surface area contributed by atoms with Crippen molar-refractivity contribution >= 4 is 10.9 Å². The lowest BCUT2D eigenvalue weighted by atomic mass is 10.2. The fraction of sp³-hybridized carbons (Fsp3) is 0. The third-order valence-corrected chi connectivity index (χ3v) is 2.39. The molecule has 0 atom stereocenters. The van der Waals surface area contributed by atoms with Crippen LogP contribution < -0.4 is 5.56 Å². The van der Waals surface area contributed by atoms with Crippen LogP contribution in [0.25, 0.3) is 10.9 Å². The topological polar surface area (TPSA) is 85.8 Å². The summed E-state index contributed by atoms with van der Waals surface area (Å²) in [6.07, 6.45) is 1.21. The van der Waals surface area contributed by atoms with Gasteiger partial charge in [0.1, 0.15) is 11.3 Å². The van der Waals surface area contributed by atoms with Gasteiger partial charge in [-0.2, -0.15) is 4.68 Å². The third-order valence-electron chi connectivity index (χ3n) is 2.39. The molecule has 0 fully saturated rings. The van der Waals surface area contributed by atoms with Crippen LogP contribution in [0, 0.1) is 0 Å². The van der Waals surface area contributed by atoms with E-state index in [1.807, 2.05) is 0 Å². The quantitative estimate of drug-likeness (QED) is 0.635. The Balaban J connectivity index is 2.52. The van der Waals surface area contributed by atoms with Gasteiger partial charge in [-0.3, -0.25) is 4.79 Å². The van der Waals surface area contributed by atoms with Crippen LogP contribution in [0.4, 0.5) is 0 Å². The first-order chi connectivity index (χ1) is 8.27. The molecule has 3 aromatic rings. The second kappa shape index (κ2) is 3.41. The highest BCUT2D eigenvalue weighted by Gasteiger charge is 2.09. The predicted octanol–water partition coefficient (Wildman–Crippen LogP) is 0.00500. The van der Waals surface area contributed by atoms with Crippen molar-refractivity contribution in [3.05, 3.63) is 47.0 Å². The molecule has 7 heteroatoms. The first-order valence-electron chi connectivity index (χ1n) is 4.85. The maximum atomic E-state index is 11.8. The van der Waals surface area contributed by atoms with E-state index in [0.29, 0.717) is 10.9 Å². The Morgan fingerprint density at radius 2 is 2.06 bits per heavy atom. The first kappa shape index (κ1) is 9.52. The van der Waals surface area contributed by atoms with Gasteiger partial charge >= 0.3 is 0 Å². The molecule has 7 nitrogen and oxygen atoms in total. The van der Waals surface area contributed by atoms with Gasteiger partial charge in [-0.1, -0.05) is 17.0 Å². The Morgan fingerprint density at radius 1 is 1.18 bits per heavy atom. The monoisotopic (exact) mass is 229 g/mol. The Hall–Kier alpha value is -2.70. The highest BCUT2D eigenvalue weighted by molar-refractivity contribution is 5.84. The van der Waals surface area contributed by atoms with E-state index in [9.17, 15) is 9.90 Å². The molecule has 0 amide bonds. The number of para-hydroxylation sites is 1. The SMILES string of the molecule is O=c1ccc2cccc(O)c2n1-n1ncnn1. The van der Waals surface area contributed by atoms with Gasteiger partial charge in [0.05, 0.1) is 0 Å². The molecule has 0 saturated carbocycles. The number of tetrazole rings is 1. The number of hydrogen-bond acceptors (Lipinski definition) is 5. The van der Waals surface area contributed by atoms with Gasteiger partial charge in [0, 0.05) is 11.5 Å². The average Bonchev–Trinajstić information content (AvgIpc) is 2.83. The lowest BCUT2D eigenvalue weighted by molar-refractivity contribution is 0.453. The minimum atomic E-state index is -0.350. The van der Waals surface area contributed by atoms with E-state index in [4.69, 9.17) is 0 Å². The van der Waals surface area contributed by atoms with E-state index in [2.05, 4.69) is 15.4 Å². The number of phenols is 1. The van der Waals surface area contributed by atoms with Crippen LogP contribution >= 0.6 is 0 Å². The summed E-state index contributed by atoms with van der Waals surface area (Å²) in [5, 5.41) is 21.5. The lowest BCUT2D eigenvalue weighted by Crippen LogP contribution is -2.27. The second-order valence-corrected chi connectivity index (χ2v) is 3.40. The molecule has 0 saturated heterocycles. The standard InChI is InChI=1S/C10H7N5O2/c16-8-3-1-2-7-4-5-9(17)14(10(7)8)15-12-6-11-13-15/h1-6,16H. The third kappa shape index (κ3) is 1.36. The molecule has 0 spiro atoms. The van der Waals surface area contributed by atoms with E-state index in [-0.39, 0.29) is 11.3 Å². The molecule has 0 unspecified atom stereocenters. The van der Waals surface area contributed by atoms with Gasteiger partial charge in [0.2, 0.25) is 0 Å². The molecular formula is C10H7N5O2. The normalized spacial score (nSPS) is 10.8. The molecule has 17 heavy (non-hydrogen) atoms. The molecule has 0 aliphatic heterocycles. The summed E-state index contributed by atoms with van der Waals surface area (Å²) < 4.78 is 1.15. The predicted molar refractivity (Wildman–Crippen MR) is 58.5 cm³/mol. The molecule has 3 rings (SSSR count). The van der Waals surface area contributed by atoms with Crippen molar-refractivity contribution in [2.24, 2.45) is 0 Å². The second-order valence-electron chi connectivity index (χ2n) is 3.40. The van der Waals surface area contributed by atoms with Gasteiger partial charge in [0.25, 0.3) is 5.56 Å². The smallest absolute Gasteiger partial charge is 0.272 e. The van der Waals surface area contributed by atoms with Crippen molar-refractivity contribution in [2.45, 2.75) is 0 Å². The molecule has 0 bridgehead atoms. The zero-order valence-electron chi connectivity index (χ0n) is 8.56. The Bertz CT molecular complexity index is 732. The minimum Gasteiger partial charge on any atom is -0.506 e. The average molecular weight is 229 g/mol. The maximum Gasteiger partial charge on any atom is 0.272 e. The number of aromatic hydroxyl groups is 1. The highest BCUT2D eigenvalue weighted by atomic mass is 16.3. The number of nitrogens with zero attached hydrogens (tertiary/aromatic N) is 5. The van der Waals surface area contributed by atoms with Gasteiger partial charge in [-0.05, 0) is 17.3 Å². The van der Waals surface area contributed by atoms with Crippen LogP contribution in [0.1, 0.15) is 0 Å². The number of hydrogen-bond donors (Lipinski definition) is 1. The van der Waals surface area contributed by atoms with E-state index in [1.54, 1.807) is 18.2 Å². The molecule has 0 radical (unpaired) electrons. The van der Waals surface area contributed by atoms with Crippen molar-refractivity contribution in [1.82, 2.24) is 25.0 Å². The van der Waals surface area contributed by atoms with Crippen molar-refractivity contribution in [3.63, 3.8) is 0 Å². The molecule has 1 N–H and O–H groups in total. The number of fused-ring (bicyclic) bond motifs is 1. The largest absolute Gasteiger partial charge is 0.506 e. The summed E-state index contributed by atoms with van der Waals surface area (Å²) in [5.41, 5.74) is -0.00463. The van der Waals surface area contributed by atoms with Gasteiger partial charge in [-0.15, -0.1) is 10.2 Å². The van der Waals surface area contributed by atoms with E-state index in [1.165, 1.54) is 18.5 Å². The lowest BCUT2D eigenvalue weighted by Gasteiger charge is -2.08. The van der Waals surface area contributed by atoms with Crippen LogP contribution in [0.15, 0.2) is 41.5 Å². The summed E-state index contributed by atoms with van der Waals surface area (Å²) in [6, 6.07) is 7.98. The fourth-order valence-corrected chi connectivity index (χ4v) is 1.69. The van der Waals surface area contributed by atoms with Gasteiger partial charge < -0.3 is 5.11 Å². The molecule has 0 aliphatic carbocycles. The van der Waals surface area contributed by atoms with Crippen LogP contribution in [-0.2, 0) is 0 Å². The number of aromatic nitrogens is 5. The minimum absolute atomic E-state index is 0.0162. The molecule has 0 aliphatic rings. The van der Waals surface area contributed by atoms with Crippen LogP contribution in [0.3, 0.4) is 0 Å². The Morgan fingerprint density at radius 3 is 2.82 bits per heavy atom. The summed E-state index contributed by atoms with van der Waals surface area (Å²) in [4.78, 5) is 12.8. The van der Waals surface area contributed by atoms with E-state index >= 15 is 0 Å². The highest BCUT2D eigenvalue weighted by Crippen LogP contribution is 2.22. The van der Waals surface area contributed by atoms with Crippen LogP contribution in [-0.4, -0.2) is 30.1 Å². The fourth-order valence-electron chi connectivity index (χ4n) is 1.69. The zero-order chi connectivity index (χ0) is 11.8. The number of phenolic OH excluding ortho intramolecular Hbond substituents is 1. The van der Waals surface area contributed by atoms with Crippen molar-refractivity contribution in [3.8, 4) is 5.75 Å². The van der Waals surface area contributed by atoms with Crippen molar-refractivity contribution in [1.29, 1.82) is 0 Å². The molecule has 84 valence electrons. The summed E-state index contributed by atoms with van der Waals surface area (Å²) in [5.74, 6) is -0.0162. The molecule has 2 heterocycles. The molecule has 1 aromatic carbocycles. The summed E-state index contributed by atoms with van der Waals surface area (Å²) >= 11 is 0. The van der Waals surface area contributed by atoms with Gasteiger partial charge in [0.15, 0.2) is 6.33 Å². The molecular weight excluding hydrogens is 222 g/mol. The zero-order valence-corrected chi connectivity index (χ0v) is 8.56. The number of benzene rings is 1. The summed E-state index contributed by atoms with van der Waals surface area (Å²) in [7, 11) is 0. The van der Waals surface area contributed by atoms with Crippen LogP contribution in [0.2, 0.25) is 0 Å². The van der Waals surface area contributed by atoms with E-state index in [0.717, 1.165) is 9.58 Å². The Labute approximate surface area is 94.5 Å². The summed E-state index contributed by atoms with van der Waals surface area (Å²) in [6.45, 7) is 0. The van der Waals surface area contributed by atoms with Gasteiger partial charge in [-0.25, -0.2) is 0 Å². The van der Waals surface area contributed by atoms with Crippen molar-refractivity contribution in [2.75, 3.05) is 0 Å².